The van der Waals surface area contributed by atoms with Crippen LogP contribution in [-0.4, -0.2) is 36.6 Å². The van der Waals surface area contributed by atoms with Crippen molar-refractivity contribution < 1.29 is 0 Å². The van der Waals surface area contributed by atoms with Crippen molar-refractivity contribution in [3.63, 3.8) is 0 Å². The van der Waals surface area contributed by atoms with Crippen molar-refractivity contribution in [2.75, 3.05) is 19.6 Å². The molecule has 2 fully saturated rings. The molecular weight excluding hydrogens is 160 g/mol. The van der Waals surface area contributed by atoms with Gasteiger partial charge in [-0.3, -0.25) is 0 Å². The molecule has 0 aromatic rings. The van der Waals surface area contributed by atoms with Gasteiger partial charge in [0.2, 0.25) is 0 Å². The van der Waals surface area contributed by atoms with Gasteiger partial charge in [0.25, 0.3) is 0 Å². The van der Waals surface area contributed by atoms with Crippen LogP contribution in [0.25, 0.3) is 0 Å². The monoisotopic (exact) mass is 182 g/mol. The molecule has 2 nitrogen and oxygen atoms in total. The first-order chi connectivity index (χ1) is 6.25. The Balaban J connectivity index is 1.87. The Morgan fingerprint density at radius 3 is 2.62 bits per heavy atom. The van der Waals surface area contributed by atoms with E-state index in [0.29, 0.717) is 6.04 Å². The molecule has 1 heterocycles. The summed E-state index contributed by atoms with van der Waals surface area (Å²) in [6.45, 7) is 8.49. The maximum absolute atomic E-state index is 3.59. The molecule has 0 amide bonds. The number of rotatable bonds is 1. The van der Waals surface area contributed by atoms with Crippen LogP contribution in [0.2, 0.25) is 0 Å². The molecule has 1 N–H and O–H groups in total. The minimum atomic E-state index is 0.712. The van der Waals surface area contributed by atoms with Crippen LogP contribution < -0.4 is 5.32 Å². The van der Waals surface area contributed by atoms with Crippen LogP contribution in [0.1, 0.15) is 33.1 Å². The van der Waals surface area contributed by atoms with E-state index in [4.69, 9.17) is 0 Å². The van der Waals surface area contributed by atoms with Gasteiger partial charge in [0.15, 0.2) is 0 Å². The van der Waals surface area contributed by atoms with E-state index in [0.717, 1.165) is 12.0 Å². The summed E-state index contributed by atoms with van der Waals surface area (Å²) < 4.78 is 0. The largest absolute Gasteiger partial charge is 0.314 e. The molecule has 2 atom stereocenters. The lowest BCUT2D eigenvalue weighted by Gasteiger charge is -2.31. The van der Waals surface area contributed by atoms with E-state index in [1.54, 1.807) is 0 Å². The van der Waals surface area contributed by atoms with Gasteiger partial charge in [-0.25, -0.2) is 0 Å². The number of nitrogens with one attached hydrogen (secondary N) is 1. The molecule has 1 saturated carbocycles. The average molecular weight is 182 g/mol. The zero-order valence-corrected chi connectivity index (χ0v) is 8.92. The standard InChI is InChI=1S/C11H22N2/c1-9-7-12-10(2)5-6-13(8-9)11-3-4-11/h9-12H,3-8H2,1-2H3. The lowest BCUT2D eigenvalue weighted by Crippen LogP contribution is -2.43. The van der Waals surface area contributed by atoms with Gasteiger partial charge in [-0.1, -0.05) is 6.92 Å². The van der Waals surface area contributed by atoms with Gasteiger partial charge in [-0.15, -0.1) is 0 Å². The van der Waals surface area contributed by atoms with Crippen LogP contribution >= 0.6 is 0 Å². The summed E-state index contributed by atoms with van der Waals surface area (Å²) in [4.78, 5) is 2.71. The maximum Gasteiger partial charge on any atom is 0.00965 e. The normalized spacial score (nSPS) is 38.3. The van der Waals surface area contributed by atoms with Crippen molar-refractivity contribution in [2.24, 2.45) is 5.92 Å². The van der Waals surface area contributed by atoms with Crippen molar-refractivity contribution in [2.45, 2.75) is 45.2 Å². The van der Waals surface area contributed by atoms with Gasteiger partial charge in [-0.05, 0) is 45.2 Å². The van der Waals surface area contributed by atoms with Crippen LogP contribution in [-0.2, 0) is 0 Å². The van der Waals surface area contributed by atoms with Crippen LogP contribution in [0, 0.1) is 5.92 Å². The molecule has 13 heavy (non-hydrogen) atoms. The fraction of sp³-hybridized carbons (Fsp3) is 1.00. The summed E-state index contributed by atoms with van der Waals surface area (Å²) >= 11 is 0. The molecule has 2 unspecified atom stereocenters. The lowest BCUT2D eigenvalue weighted by atomic mass is 10.1. The Hall–Kier alpha value is -0.0800. The molecule has 0 aromatic heterocycles. The fourth-order valence-electron chi connectivity index (χ4n) is 2.19. The first-order valence-electron chi connectivity index (χ1n) is 5.73. The Morgan fingerprint density at radius 1 is 1.15 bits per heavy atom. The molecule has 2 rings (SSSR count). The highest BCUT2D eigenvalue weighted by Gasteiger charge is 2.30. The molecule has 2 aliphatic rings. The Labute approximate surface area is 81.7 Å². The molecule has 2 heteroatoms. The van der Waals surface area contributed by atoms with E-state index < -0.39 is 0 Å². The third-order valence-corrected chi connectivity index (χ3v) is 3.27. The quantitative estimate of drug-likeness (QED) is 0.660. The van der Waals surface area contributed by atoms with Gasteiger partial charge in [0.1, 0.15) is 0 Å². The van der Waals surface area contributed by atoms with E-state index >= 15 is 0 Å². The number of hydrogen-bond acceptors (Lipinski definition) is 2. The molecule has 1 aliphatic heterocycles. The third-order valence-electron chi connectivity index (χ3n) is 3.27. The van der Waals surface area contributed by atoms with E-state index in [1.165, 1.54) is 38.9 Å². The lowest BCUT2D eigenvalue weighted by molar-refractivity contribution is 0.194. The van der Waals surface area contributed by atoms with E-state index in [1.807, 2.05) is 0 Å². The highest BCUT2D eigenvalue weighted by Crippen LogP contribution is 2.28. The van der Waals surface area contributed by atoms with Gasteiger partial charge in [0.05, 0.1) is 0 Å². The Bertz CT molecular complexity index is 165. The topological polar surface area (TPSA) is 15.3 Å². The summed E-state index contributed by atoms with van der Waals surface area (Å²) in [6, 6.07) is 1.66. The molecule has 1 aliphatic carbocycles. The van der Waals surface area contributed by atoms with Crippen molar-refractivity contribution >= 4 is 0 Å². The van der Waals surface area contributed by atoms with Crippen LogP contribution in [0.15, 0.2) is 0 Å². The minimum Gasteiger partial charge on any atom is -0.314 e. The second-order valence-electron chi connectivity index (χ2n) is 4.93. The molecule has 0 bridgehead atoms. The van der Waals surface area contributed by atoms with Gasteiger partial charge in [0, 0.05) is 18.6 Å². The molecule has 0 aromatic carbocycles. The van der Waals surface area contributed by atoms with Gasteiger partial charge < -0.3 is 10.2 Å². The highest BCUT2D eigenvalue weighted by molar-refractivity contribution is 4.87. The van der Waals surface area contributed by atoms with Crippen molar-refractivity contribution in [3.05, 3.63) is 0 Å². The summed E-state index contributed by atoms with van der Waals surface area (Å²) in [5, 5.41) is 3.59. The zero-order chi connectivity index (χ0) is 9.26. The predicted octanol–water partition coefficient (Wildman–Crippen LogP) is 1.47. The number of nitrogens with zero attached hydrogens (tertiary/aromatic N) is 1. The second kappa shape index (κ2) is 3.97. The average Bonchev–Trinajstić information content (AvgIpc) is 2.88. The van der Waals surface area contributed by atoms with E-state index in [9.17, 15) is 0 Å². The minimum absolute atomic E-state index is 0.712. The number of hydrogen-bond donors (Lipinski definition) is 1. The molecule has 0 radical (unpaired) electrons. The predicted molar refractivity (Wildman–Crippen MR) is 55.8 cm³/mol. The smallest absolute Gasteiger partial charge is 0.00965 e. The fourth-order valence-corrected chi connectivity index (χ4v) is 2.19. The Kier molecular flexibility index (Phi) is 2.89. The van der Waals surface area contributed by atoms with Crippen LogP contribution in [0.3, 0.4) is 0 Å². The SMILES string of the molecule is CC1CNC(C)CCN(C2CC2)C1. The van der Waals surface area contributed by atoms with Crippen LogP contribution in [0.4, 0.5) is 0 Å². The molecule has 1 saturated heterocycles. The maximum atomic E-state index is 3.59. The summed E-state index contributed by atoms with van der Waals surface area (Å²) in [7, 11) is 0. The summed E-state index contributed by atoms with van der Waals surface area (Å²) in [6.07, 6.45) is 4.23. The molecular formula is C11H22N2. The van der Waals surface area contributed by atoms with Crippen LogP contribution in [0.5, 0.6) is 0 Å². The summed E-state index contributed by atoms with van der Waals surface area (Å²) in [5.74, 6) is 0.823. The van der Waals surface area contributed by atoms with E-state index in [2.05, 4.69) is 24.1 Å². The van der Waals surface area contributed by atoms with E-state index in [-0.39, 0.29) is 0 Å². The Morgan fingerprint density at radius 2 is 1.92 bits per heavy atom. The third kappa shape index (κ3) is 2.68. The first-order valence-corrected chi connectivity index (χ1v) is 5.73. The second-order valence-corrected chi connectivity index (χ2v) is 4.93. The van der Waals surface area contributed by atoms with Gasteiger partial charge in [-0.2, -0.15) is 0 Å². The highest BCUT2D eigenvalue weighted by atomic mass is 15.2. The summed E-state index contributed by atoms with van der Waals surface area (Å²) in [5.41, 5.74) is 0. The molecule has 0 spiro atoms. The first kappa shape index (κ1) is 9.47. The van der Waals surface area contributed by atoms with Gasteiger partial charge >= 0.3 is 0 Å². The van der Waals surface area contributed by atoms with Crippen molar-refractivity contribution in [1.82, 2.24) is 10.2 Å². The molecule has 76 valence electrons. The van der Waals surface area contributed by atoms with Crippen molar-refractivity contribution in [3.8, 4) is 0 Å². The van der Waals surface area contributed by atoms with Crippen molar-refractivity contribution in [1.29, 1.82) is 0 Å². The zero-order valence-electron chi connectivity index (χ0n) is 8.92.